The minimum atomic E-state index is -5.03. The number of alkyl halides is 3. The summed E-state index contributed by atoms with van der Waals surface area (Å²) in [7, 11) is 0. The lowest BCUT2D eigenvalue weighted by molar-refractivity contribution is -0.281. The molecule has 2 rings (SSSR count). The van der Waals surface area contributed by atoms with E-state index in [1.165, 1.54) is 0 Å². The van der Waals surface area contributed by atoms with Crippen molar-refractivity contribution >= 4 is 5.97 Å². The van der Waals surface area contributed by atoms with Gasteiger partial charge >= 0.3 is 12.1 Å². The Morgan fingerprint density at radius 2 is 2.00 bits per heavy atom. The number of hydrogen-bond acceptors (Lipinski definition) is 4. The van der Waals surface area contributed by atoms with E-state index in [0.29, 0.717) is 12.2 Å². The van der Waals surface area contributed by atoms with Gasteiger partial charge in [0.25, 0.3) is 5.60 Å². The van der Waals surface area contributed by atoms with Crippen molar-refractivity contribution in [2.24, 2.45) is 0 Å². The molecule has 1 aromatic rings. The topological polar surface area (TPSA) is 67.8 Å². The Bertz CT molecular complexity index is 561. The van der Waals surface area contributed by atoms with E-state index in [2.05, 4.69) is 5.32 Å². The quantitative estimate of drug-likeness (QED) is 0.615. The van der Waals surface area contributed by atoms with Gasteiger partial charge in [-0.2, -0.15) is 13.2 Å². The standard InChI is InChI=1S/C18H24F3NO4/c19-18(20,21)17(16(23)24,26-12-14-6-2-1-3-7-14)9-5-11-25-13-15-8-4-10-22-15/h1-3,6-7,15,22H,4-5,8-13H2,(H,23,24)/t15-,17?/m0/s1. The molecule has 1 aromatic carbocycles. The summed E-state index contributed by atoms with van der Waals surface area (Å²) in [6.07, 6.45) is -3.76. The zero-order valence-electron chi connectivity index (χ0n) is 14.4. The lowest BCUT2D eigenvalue weighted by Crippen LogP contribution is -2.54. The number of carbonyl (C=O) groups is 1. The normalized spacial score (nSPS) is 20.0. The Kier molecular flexibility index (Phi) is 7.43. The smallest absolute Gasteiger partial charge is 0.428 e. The van der Waals surface area contributed by atoms with Crippen LogP contribution >= 0.6 is 0 Å². The van der Waals surface area contributed by atoms with E-state index in [9.17, 15) is 23.1 Å². The van der Waals surface area contributed by atoms with E-state index >= 15 is 0 Å². The van der Waals surface area contributed by atoms with Crippen molar-refractivity contribution in [1.82, 2.24) is 5.32 Å². The second kappa shape index (κ2) is 9.34. The van der Waals surface area contributed by atoms with Crippen molar-refractivity contribution in [3.63, 3.8) is 0 Å². The Hall–Kier alpha value is -1.64. The molecule has 1 heterocycles. The highest BCUT2D eigenvalue weighted by molar-refractivity contribution is 5.78. The predicted molar refractivity (Wildman–Crippen MR) is 88.7 cm³/mol. The van der Waals surface area contributed by atoms with E-state index < -0.39 is 30.8 Å². The molecule has 5 nitrogen and oxygen atoms in total. The molecule has 8 heteroatoms. The summed E-state index contributed by atoms with van der Waals surface area (Å²) in [6, 6.07) is 8.41. The van der Waals surface area contributed by atoms with Gasteiger partial charge in [0.2, 0.25) is 0 Å². The lowest BCUT2D eigenvalue weighted by Gasteiger charge is -2.31. The van der Waals surface area contributed by atoms with Crippen LogP contribution in [0.2, 0.25) is 0 Å². The largest absolute Gasteiger partial charge is 0.479 e. The Labute approximate surface area is 150 Å². The number of halogens is 3. The van der Waals surface area contributed by atoms with Crippen molar-refractivity contribution in [2.75, 3.05) is 19.8 Å². The first-order valence-corrected chi connectivity index (χ1v) is 8.64. The average molecular weight is 375 g/mol. The molecule has 1 aliphatic rings. The fraction of sp³-hybridized carbons (Fsp3) is 0.611. The molecule has 2 N–H and O–H groups in total. The highest BCUT2D eigenvalue weighted by atomic mass is 19.4. The van der Waals surface area contributed by atoms with Gasteiger partial charge in [-0.25, -0.2) is 4.79 Å². The Balaban J connectivity index is 1.92. The van der Waals surface area contributed by atoms with Gasteiger partial charge in [-0.3, -0.25) is 0 Å². The molecule has 0 amide bonds. The van der Waals surface area contributed by atoms with Gasteiger partial charge in [-0.1, -0.05) is 30.3 Å². The number of carboxylic acids is 1. The van der Waals surface area contributed by atoms with Gasteiger partial charge in [0.05, 0.1) is 13.2 Å². The van der Waals surface area contributed by atoms with Crippen LogP contribution in [0.15, 0.2) is 30.3 Å². The first-order chi connectivity index (χ1) is 12.3. The molecule has 0 spiro atoms. The highest BCUT2D eigenvalue weighted by Crippen LogP contribution is 2.38. The summed E-state index contributed by atoms with van der Waals surface area (Å²) in [5, 5.41) is 12.5. The lowest BCUT2D eigenvalue weighted by atomic mass is 9.96. The summed E-state index contributed by atoms with van der Waals surface area (Å²) in [4.78, 5) is 11.5. The minimum Gasteiger partial charge on any atom is -0.479 e. The van der Waals surface area contributed by atoms with Gasteiger partial charge in [0.15, 0.2) is 0 Å². The monoisotopic (exact) mass is 375 g/mol. The maximum Gasteiger partial charge on any atom is 0.428 e. The average Bonchev–Trinajstić information content (AvgIpc) is 3.10. The number of aliphatic carboxylic acids is 1. The van der Waals surface area contributed by atoms with Gasteiger partial charge in [0.1, 0.15) is 0 Å². The van der Waals surface area contributed by atoms with Crippen molar-refractivity contribution in [2.45, 2.75) is 50.1 Å². The molecular formula is C18H24F3NO4. The third-order valence-corrected chi connectivity index (χ3v) is 4.43. The first kappa shape index (κ1) is 20.7. The number of hydrogen-bond donors (Lipinski definition) is 2. The third kappa shape index (κ3) is 5.43. The molecule has 1 unspecified atom stereocenters. The number of ether oxygens (including phenoxy) is 2. The van der Waals surface area contributed by atoms with Crippen LogP contribution in [-0.2, 0) is 20.9 Å². The van der Waals surface area contributed by atoms with Crippen LogP contribution in [0.5, 0.6) is 0 Å². The summed E-state index contributed by atoms with van der Waals surface area (Å²) in [6.45, 7) is 0.950. The molecular weight excluding hydrogens is 351 g/mol. The molecule has 0 aliphatic carbocycles. The number of rotatable bonds is 10. The molecule has 0 radical (unpaired) electrons. The van der Waals surface area contributed by atoms with Gasteiger partial charge in [-0.05, 0) is 37.8 Å². The first-order valence-electron chi connectivity index (χ1n) is 8.64. The molecule has 1 fully saturated rings. The fourth-order valence-electron chi connectivity index (χ4n) is 2.91. The predicted octanol–water partition coefficient (Wildman–Crippen LogP) is 3.14. The molecule has 0 aromatic heterocycles. The summed E-state index contributed by atoms with van der Waals surface area (Å²) >= 11 is 0. The minimum absolute atomic E-state index is 0.0536. The van der Waals surface area contributed by atoms with Crippen molar-refractivity contribution < 1.29 is 32.5 Å². The van der Waals surface area contributed by atoms with Crippen molar-refractivity contribution in [3.05, 3.63) is 35.9 Å². The van der Waals surface area contributed by atoms with Crippen LogP contribution in [0.4, 0.5) is 13.2 Å². The maximum atomic E-state index is 13.5. The van der Waals surface area contributed by atoms with Crippen molar-refractivity contribution in [1.29, 1.82) is 0 Å². The second-order valence-corrected chi connectivity index (χ2v) is 6.38. The third-order valence-electron chi connectivity index (χ3n) is 4.43. The zero-order valence-corrected chi connectivity index (χ0v) is 14.4. The van der Waals surface area contributed by atoms with Gasteiger partial charge < -0.3 is 19.9 Å². The Morgan fingerprint density at radius 1 is 1.27 bits per heavy atom. The van der Waals surface area contributed by atoms with Crippen LogP contribution < -0.4 is 5.32 Å². The summed E-state index contributed by atoms with van der Waals surface area (Å²) < 4.78 is 50.9. The second-order valence-electron chi connectivity index (χ2n) is 6.38. The number of nitrogens with one attached hydrogen (secondary N) is 1. The molecule has 26 heavy (non-hydrogen) atoms. The number of benzene rings is 1. The van der Waals surface area contributed by atoms with E-state index in [1.54, 1.807) is 30.3 Å². The van der Waals surface area contributed by atoms with E-state index in [4.69, 9.17) is 9.47 Å². The molecule has 0 saturated carbocycles. The van der Waals surface area contributed by atoms with Crippen LogP contribution in [0, 0.1) is 0 Å². The van der Waals surface area contributed by atoms with E-state index in [1.807, 2.05) is 0 Å². The SMILES string of the molecule is O=C(O)C(CCCOC[C@@H]1CCCN1)(OCc1ccccc1)C(F)(F)F. The van der Waals surface area contributed by atoms with Crippen LogP contribution in [0.25, 0.3) is 0 Å². The fourth-order valence-corrected chi connectivity index (χ4v) is 2.91. The maximum absolute atomic E-state index is 13.5. The van der Waals surface area contributed by atoms with Gasteiger partial charge in [0, 0.05) is 12.6 Å². The molecule has 1 aliphatic heterocycles. The van der Waals surface area contributed by atoms with E-state index in [0.717, 1.165) is 19.4 Å². The number of carboxylic acid groups (broad SMARTS) is 1. The van der Waals surface area contributed by atoms with Crippen LogP contribution in [0.1, 0.15) is 31.2 Å². The van der Waals surface area contributed by atoms with Gasteiger partial charge in [-0.15, -0.1) is 0 Å². The Morgan fingerprint density at radius 3 is 2.58 bits per heavy atom. The zero-order chi connectivity index (χ0) is 19.0. The molecule has 0 bridgehead atoms. The van der Waals surface area contributed by atoms with Crippen molar-refractivity contribution in [3.8, 4) is 0 Å². The van der Waals surface area contributed by atoms with Crippen LogP contribution in [-0.4, -0.2) is 48.7 Å². The summed E-state index contributed by atoms with van der Waals surface area (Å²) in [5.41, 5.74) is -2.76. The summed E-state index contributed by atoms with van der Waals surface area (Å²) in [5.74, 6) is -2.03. The highest BCUT2D eigenvalue weighted by Gasteiger charge is 2.61. The van der Waals surface area contributed by atoms with E-state index in [-0.39, 0.29) is 19.1 Å². The molecule has 1 saturated heterocycles. The van der Waals surface area contributed by atoms with Crippen LogP contribution in [0.3, 0.4) is 0 Å². The molecule has 2 atom stereocenters. The molecule has 146 valence electrons.